The van der Waals surface area contributed by atoms with Crippen molar-refractivity contribution in [1.82, 2.24) is 19.9 Å². The van der Waals surface area contributed by atoms with Gasteiger partial charge in [0.15, 0.2) is 11.5 Å². The second kappa shape index (κ2) is 4.12. The standard InChI is InChI=1S/C12H18N6/c1-7-4-8(2)18(5-7)11-9-10(15-6-14-9)16-12(13-3)17-11/h6-8H,4-5H2,1-3H3,(H2,13,14,15,16,17). The molecule has 2 N–H and O–H groups in total. The van der Waals surface area contributed by atoms with E-state index < -0.39 is 0 Å². The number of aromatic nitrogens is 4. The van der Waals surface area contributed by atoms with E-state index in [0.717, 1.165) is 23.5 Å². The maximum Gasteiger partial charge on any atom is 0.226 e. The molecule has 2 aromatic heterocycles. The van der Waals surface area contributed by atoms with Gasteiger partial charge in [-0.25, -0.2) is 4.98 Å². The summed E-state index contributed by atoms with van der Waals surface area (Å²) in [7, 11) is 1.83. The van der Waals surface area contributed by atoms with Crippen LogP contribution in [0.3, 0.4) is 0 Å². The van der Waals surface area contributed by atoms with Crippen molar-refractivity contribution in [3.63, 3.8) is 0 Å². The first-order valence-electron chi connectivity index (χ1n) is 6.34. The molecule has 0 bridgehead atoms. The molecule has 2 unspecified atom stereocenters. The third-order valence-electron chi connectivity index (χ3n) is 3.55. The predicted molar refractivity (Wildman–Crippen MR) is 71.8 cm³/mol. The van der Waals surface area contributed by atoms with Gasteiger partial charge in [-0.3, -0.25) is 0 Å². The van der Waals surface area contributed by atoms with Gasteiger partial charge in [-0.1, -0.05) is 6.92 Å². The van der Waals surface area contributed by atoms with Gasteiger partial charge >= 0.3 is 0 Å². The first-order chi connectivity index (χ1) is 8.69. The third kappa shape index (κ3) is 1.68. The van der Waals surface area contributed by atoms with Crippen LogP contribution in [0.5, 0.6) is 0 Å². The average Bonchev–Trinajstić information content (AvgIpc) is 2.94. The maximum atomic E-state index is 4.59. The number of fused-ring (bicyclic) bond motifs is 1. The fraction of sp³-hybridized carbons (Fsp3) is 0.583. The Hall–Kier alpha value is -1.85. The Kier molecular flexibility index (Phi) is 2.57. The van der Waals surface area contributed by atoms with E-state index in [4.69, 9.17) is 0 Å². The molecule has 1 aliphatic rings. The quantitative estimate of drug-likeness (QED) is 0.842. The number of rotatable bonds is 2. The minimum Gasteiger partial charge on any atom is -0.357 e. The monoisotopic (exact) mass is 246 g/mol. The van der Waals surface area contributed by atoms with Gasteiger partial charge in [0.25, 0.3) is 0 Å². The molecule has 0 amide bonds. The van der Waals surface area contributed by atoms with Crippen LogP contribution in [0.4, 0.5) is 11.8 Å². The van der Waals surface area contributed by atoms with Gasteiger partial charge in [-0.05, 0) is 19.3 Å². The summed E-state index contributed by atoms with van der Waals surface area (Å²) < 4.78 is 0. The molecule has 0 aliphatic carbocycles. The SMILES string of the molecule is CNc1nc(N2CC(C)CC2C)c2[nH]cnc2n1. The Morgan fingerprint density at radius 1 is 1.39 bits per heavy atom. The molecule has 18 heavy (non-hydrogen) atoms. The van der Waals surface area contributed by atoms with E-state index in [2.05, 4.69) is 44.0 Å². The van der Waals surface area contributed by atoms with E-state index >= 15 is 0 Å². The molecule has 3 heterocycles. The highest BCUT2D eigenvalue weighted by Gasteiger charge is 2.29. The molecular formula is C12H18N6. The van der Waals surface area contributed by atoms with Gasteiger partial charge in [0.2, 0.25) is 5.95 Å². The molecule has 0 saturated carbocycles. The zero-order chi connectivity index (χ0) is 12.7. The van der Waals surface area contributed by atoms with E-state index in [1.165, 1.54) is 6.42 Å². The highest BCUT2D eigenvalue weighted by molar-refractivity contribution is 5.84. The molecule has 1 fully saturated rings. The van der Waals surface area contributed by atoms with Crippen molar-refractivity contribution in [3.8, 4) is 0 Å². The topological polar surface area (TPSA) is 69.7 Å². The summed E-state index contributed by atoms with van der Waals surface area (Å²) in [6.45, 7) is 5.56. The summed E-state index contributed by atoms with van der Waals surface area (Å²) in [4.78, 5) is 18.6. The van der Waals surface area contributed by atoms with Crippen LogP contribution in [0.1, 0.15) is 20.3 Å². The van der Waals surface area contributed by atoms with Crippen molar-refractivity contribution in [2.45, 2.75) is 26.3 Å². The number of anilines is 2. The van der Waals surface area contributed by atoms with Gasteiger partial charge in [0, 0.05) is 19.6 Å². The lowest BCUT2D eigenvalue weighted by atomic mass is 10.1. The van der Waals surface area contributed by atoms with E-state index in [9.17, 15) is 0 Å². The zero-order valence-electron chi connectivity index (χ0n) is 10.9. The van der Waals surface area contributed by atoms with Gasteiger partial charge in [-0.15, -0.1) is 0 Å². The fourth-order valence-corrected chi connectivity index (χ4v) is 2.73. The smallest absolute Gasteiger partial charge is 0.226 e. The summed E-state index contributed by atoms with van der Waals surface area (Å²) in [6, 6.07) is 0.506. The van der Waals surface area contributed by atoms with Crippen LogP contribution >= 0.6 is 0 Å². The second-order valence-electron chi connectivity index (χ2n) is 5.06. The van der Waals surface area contributed by atoms with Crippen molar-refractivity contribution < 1.29 is 0 Å². The summed E-state index contributed by atoms with van der Waals surface area (Å²) in [5.74, 6) is 2.28. The van der Waals surface area contributed by atoms with Crippen molar-refractivity contribution in [3.05, 3.63) is 6.33 Å². The van der Waals surface area contributed by atoms with Gasteiger partial charge in [-0.2, -0.15) is 9.97 Å². The Labute approximate surface area is 106 Å². The summed E-state index contributed by atoms with van der Waals surface area (Å²) in [5.41, 5.74) is 1.64. The summed E-state index contributed by atoms with van der Waals surface area (Å²) >= 11 is 0. The van der Waals surface area contributed by atoms with Crippen LogP contribution in [0, 0.1) is 5.92 Å². The minimum atomic E-state index is 0.506. The number of imidazole rings is 1. The molecule has 2 aromatic rings. The summed E-state index contributed by atoms with van der Waals surface area (Å²) in [5, 5.41) is 3.00. The lowest BCUT2D eigenvalue weighted by Crippen LogP contribution is -2.28. The maximum absolute atomic E-state index is 4.59. The highest BCUT2D eigenvalue weighted by Crippen LogP contribution is 2.31. The molecule has 1 aliphatic heterocycles. The number of hydrogen-bond acceptors (Lipinski definition) is 5. The van der Waals surface area contributed by atoms with E-state index in [1.807, 2.05) is 7.05 Å². The normalized spacial score (nSPS) is 23.8. The van der Waals surface area contributed by atoms with E-state index in [1.54, 1.807) is 6.33 Å². The first-order valence-corrected chi connectivity index (χ1v) is 6.34. The second-order valence-corrected chi connectivity index (χ2v) is 5.06. The Balaban J connectivity index is 2.12. The number of aromatic amines is 1. The van der Waals surface area contributed by atoms with Crippen LogP contribution < -0.4 is 10.2 Å². The van der Waals surface area contributed by atoms with Crippen LogP contribution in [0.15, 0.2) is 6.33 Å². The highest BCUT2D eigenvalue weighted by atomic mass is 15.3. The number of H-pyrrole nitrogens is 1. The molecule has 0 aromatic carbocycles. The van der Waals surface area contributed by atoms with Crippen molar-refractivity contribution in [2.75, 3.05) is 23.8 Å². The molecular weight excluding hydrogens is 228 g/mol. The van der Waals surface area contributed by atoms with Gasteiger partial charge in [0.1, 0.15) is 5.52 Å². The lowest BCUT2D eigenvalue weighted by Gasteiger charge is -2.23. The molecule has 6 heteroatoms. The van der Waals surface area contributed by atoms with Crippen molar-refractivity contribution in [2.24, 2.45) is 5.92 Å². The van der Waals surface area contributed by atoms with Crippen LogP contribution in [0.25, 0.3) is 11.2 Å². The average molecular weight is 246 g/mol. The molecule has 96 valence electrons. The minimum absolute atomic E-state index is 0.506. The molecule has 3 rings (SSSR count). The molecule has 0 spiro atoms. The third-order valence-corrected chi connectivity index (χ3v) is 3.55. The number of nitrogens with zero attached hydrogens (tertiary/aromatic N) is 4. The van der Waals surface area contributed by atoms with Crippen LogP contribution in [-0.4, -0.2) is 39.6 Å². The first kappa shape index (κ1) is 11.3. The molecule has 2 atom stereocenters. The number of hydrogen-bond donors (Lipinski definition) is 2. The van der Waals surface area contributed by atoms with Crippen molar-refractivity contribution >= 4 is 22.9 Å². The Morgan fingerprint density at radius 3 is 2.89 bits per heavy atom. The van der Waals surface area contributed by atoms with E-state index in [-0.39, 0.29) is 0 Å². The van der Waals surface area contributed by atoms with Gasteiger partial charge < -0.3 is 15.2 Å². The Bertz CT molecular complexity index is 563. The lowest BCUT2D eigenvalue weighted by molar-refractivity contribution is 0.625. The Morgan fingerprint density at radius 2 is 2.22 bits per heavy atom. The van der Waals surface area contributed by atoms with Crippen LogP contribution in [-0.2, 0) is 0 Å². The fourth-order valence-electron chi connectivity index (χ4n) is 2.73. The molecule has 0 radical (unpaired) electrons. The number of nitrogens with one attached hydrogen (secondary N) is 2. The van der Waals surface area contributed by atoms with Crippen molar-refractivity contribution in [1.29, 1.82) is 0 Å². The summed E-state index contributed by atoms with van der Waals surface area (Å²) in [6.07, 6.45) is 2.88. The van der Waals surface area contributed by atoms with Gasteiger partial charge in [0.05, 0.1) is 6.33 Å². The predicted octanol–water partition coefficient (Wildman–Crippen LogP) is 1.63. The zero-order valence-corrected chi connectivity index (χ0v) is 10.9. The molecule has 1 saturated heterocycles. The largest absolute Gasteiger partial charge is 0.357 e. The van der Waals surface area contributed by atoms with E-state index in [0.29, 0.717) is 17.9 Å². The molecule has 6 nitrogen and oxygen atoms in total. The van der Waals surface area contributed by atoms with Crippen LogP contribution in [0.2, 0.25) is 0 Å².